The summed E-state index contributed by atoms with van der Waals surface area (Å²) < 4.78 is 42.7. The number of piperidine rings is 1. The lowest BCUT2D eigenvalue weighted by molar-refractivity contribution is -0.142. The van der Waals surface area contributed by atoms with E-state index in [1.165, 1.54) is 24.3 Å². The van der Waals surface area contributed by atoms with Crippen molar-refractivity contribution in [3.8, 4) is 0 Å². The van der Waals surface area contributed by atoms with Crippen molar-refractivity contribution in [2.75, 3.05) is 72.0 Å². The monoisotopic (exact) mass is 1020 g/mol. The van der Waals surface area contributed by atoms with Crippen molar-refractivity contribution in [2.24, 2.45) is 5.92 Å². The van der Waals surface area contributed by atoms with Crippen molar-refractivity contribution < 1.29 is 37.5 Å². The molecule has 0 spiro atoms. The Morgan fingerprint density at radius 3 is 2.30 bits per heavy atom. The number of carbonyl (C=O) groups excluding carboxylic acids is 4. The van der Waals surface area contributed by atoms with E-state index in [1.807, 2.05) is 48.2 Å². The van der Waals surface area contributed by atoms with Gasteiger partial charge < -0.3 is 30.0 Å². The van der Waals surface area contributed by atoms with Gasteiger partial charge in [-0.05, 0) is 79.5 Å². The molecule has 0 radical (unpaired) electrons. The van der Waals surface area contributed by atoms with E-state index in [4.69, 9.17) is 0 Å². The number of aromatic nitrogens is 2. The van der Waals surface area contributed by atoms with E-state index in [1.54, 1.807) is 32.9 Å². The average molecular weight is 1020 g/mol. The average Bonchev–Trinajstić information content (AvgIpc) is 3.42. The van der Waals surface area contributed by atoms with Crippen LogP contribution in [0, 0.1) is 23.4 Å². The molecule has 4 N–H and O–H groups in total. The van der Waals surface area contributed by atoms with Crippen molar-refractivity contribution in [3.63, 3.8) is 0 Å². The minimum Gasteiger partial charge on any atom is -0.374 e. The molecule has 392 valence electrons. The number of halogens is 3. The summed E-state index contributed by atoms with van der Waals surface area (Å²) in [6.07, 6.45) is 5.66. The van der Waals surface area contributed by atoms with Gasteiger partial charge in [-0.1, -0.05) is 73.9 Å². The number of piperazine rings is 2. The first-order chi connectivity index (χ1) is 35.8. The number of benzene rings is 4. The van der Waals surface area contributed by atoms with Crippen LogP contribution in [0.3, 0.4) is 0 Å². The molecule has 4 aromatic carbocycles. The fraction of sp³-hybridized carbons (Fsp3) is 0.464. The summed E-state index contributed by atoms with van der Waals surface area (Å²) in [7, 11) is 0. The van der Waals surface area contributed by atoms with E-state index < -0.39 is 35.6 Å². The standard InChI is InChI=1S/C56H66F3N9O6/c1-36-33-64(35-51(70)65-22-24-66(25-23-65)55(73)46-27-37(16-19-47(46)58)28-49-44-14-5-6-15-45(44)54(72)63-62-49)21-26-68(36)56(74)52(38-9-3-2-4-10-38)61-53(71)40-12-7-11-39(29-40)42-13-8-20-67(34-42)50(69)32-60-31-41-17-18-43(57)30-48(41)59/h5-7,11-12,14-19,27,29-30,36,38,42,52-53,60-61,71H,2-4,8-10,13,20-26,28,31-35H2,1H3,(H,63,72)/t36-,42-,52-,53?/m1/s1. The number of aliphatic hydroxyl groups excluding tert-OH is 1. The molecule has 5 aromatic rings. The SMILES string of the molecule is C[C@@H]1CN(CC(=O)N2CCN(C(=O)c3cc(Cc4n[nH]c(=O)c5ccccc45)ccc3F)CC2)CCN1C(=O)[C@H](NC(O)c1cccc([C@@H]2CCCN(C(=O)CNCc3ccc(F)cc3F)C2)c1)C1CCCCC1. The molecule has 3 saturated heterocycles. The van der Waals surface area contributed by atoms with Gasteiger partial charge in [-0.3, -0.25) is 34.2 Å². The summed E-state index contributed by atoms with van der Waals surface area (Å²) in [6.45, 7) is 5.84. The van der Waals surface area contributed by atoms with Crippen molar-refractivity contribution in [2.45, 2.75) is 89.1 Å². The molecule has 74 heavy (non-hydrogen) atoms. The second kappa shape index (κ2) is 23.8. The Morgan fingerprint density at radius 2 is 1.53 bits per heavy atom. The predicted molar refractivity (Wildman–Crippen MR) is 273 cm³/mol. The van der Waals surface area contributed by atoms with Gasteiger partial charge in [-0.15, -0.1) is 0 Å². The maximum absolute atomic E-state index is 15.2. The lowest BCUT2D eigenvalue weighted by Crippen LogP contribution is -2.61. The summed E-state index contributed by atoms with van der Waals surface area (Å²) in [5, 5.41) is 26.1. The highest BCUT2D eigenvalue weighted by molar-refractivity contribution is 5.95. The number of amides is 4. The largest absolute Gasteiger partial charge is 0.374 e. The van der Waals surface area contributed by atoms with Gasteiger partial charge in [-0.25, -0.2) is 18.3 Å². The highest BCUT2D eigenvalue weighted by atomic mass is 19.1. The quantitative estimate of drug-likeness (QED) is 0.0986. The number of hydrogen-bond acceptors (Lipinski definition) is 10. The van der Waals surface area contributed by atoms with Gasteiger partial charge >= 0.3 is 0 Å². The van der Waals surface area contributed by atoms with E-state index >= 15 is 4.39 Å². The number of nitrogens with one attached hydrogen (secondary N) is 3. The number of H-pyrrole nitrogens is 1. The third-order valence-electron chi connectivity index (χ3n) is 15.5. The molecule has 4 fully saturated rings. The highest BCUT2D eigenvalue weighted by Gasteiger charge is 2.38. The van der Waals surface area contributed by atoms with Crippen LogP contribution in [0.2, 0.25) is 0 Å². The van der Waals surface area contributed by atoms with Gasteiger partial charge in [0.05, 0.1) is 35.8 Å². The van der Waals surface area contributed by atoms with Gasteiger partial charge in [0.25, 0.3) is 11.5 Å². The Labute approximate surface area is 429 Å². The summed E-state index contributed by atoms with van der Waals surface area (Å²) in [5.74, 6) is -2.59. The minimum atomic E-state index is -1.12. The molecule has 15 nitrogen and oxygen atoms in total. The Kier molecular flexibility index (Phi) is 16.9. The molecule has 3 aliphatic heterocycles. The van der Waals surface area contributed by atoms with E-state index in [9.17, 15) is 37.9 Å². The normalized spacial score (nSPS) is 19.9. The molecule has 1 unspecified atom stereocenters. The zero-order valence-corrected chi connectivity index (χ0v) is 41.9. The number of carbonyl (C=O) groups is 4. The Morgan fingerprint density at radius 1 is 0.757 bits per heavy atom. The molecule has 4 amide bonds. The fourth-order valence-electron chi connectivity index (χ4n) is 11.3. The van der Waals surface area contributed by atoms with Gasteiger partial charge in [-0.2, -0.15) is 5.10 Å². The van der Waals surface area contributed by atoms with Crippen LogP contribution in [-0.2, 0) is 27.3 Å². The van der Waals surface area contributed by atoms with Gasteiger partial charge in [0.1, 0.15) is 23.7 Å². The van der Waals surface area contributed by atoms with Crippen LogP contribution in [0.5, 0.6) is 0 Å². The maximum Gasteiger partial charge on any atom is 0.272 e. The third kappa shape index (κ3) is 12.4. The summed E-state index contributed by atoms with van der Waals surface area (Å²) >= 11 is 0. The number of likely N-dealkylation sites (tertiary alicyclic amines) is 1. The molecule has 1 saturated carbocycles. The first-order valence-electron chi connectivity index (χ1n) is 26.1. The van der Waals surface area contributed by atoms with E-state index in [-0.39, 0.29) is 91.4 Å². The number of hydrogen-bond donors (Lipinski definition) is 4. The first-order valence-corrected chi connectivity index (χ1v) is 26.1. The van der Waals surface area contributed by atoms with Crippen LogP contribution in [0.4, 0.5) is 13.2 Å². The molecule has 1 aromatic heterocycles. The zero-order chi connectivity index (χ0) is 51.9. The number of aliphatic hydroxyl groups is 1. The third-order valence-corrected chi connectivity index (χ3v) is 15.5. The Bertz CT molecular complexity index is 2890. The van der Waals surface area contributed by atoms with E-state index in [0.29, 0.717) is 73.4 Å². The van der Waals surface area contributed by atoms with Crippen LogP contribution >= 0.6 is 0 Å². The van der Waals surface area contributed by atoms with Crippen LogP contribution in [-0.4, -0.2) is 148 Å². The first kappa shape index (κ1) is 52.4. The molecular formula is C56H66F3N9O6. The van der Waals surface area contributed by atoms with Crippen LogP contribution in [0.1, 0.15) is 102 Å². The number of fused-ring (bicyclic) bond motifs is 1. The van der Waals surface area contributed by atoms with Crippen molar-refractivity contribution in [3.05, 3.63) is 146 Å². The molecule has 1 aliphatic carbocycles. The van der Waals surface area contributed by atoms with Crippen molar-refractivity contribution in [1.82, 2.24) is 45.3 Å². The predicted octanol–water partition coefficient (Wildman–Crippen LogP) is 5.47. The molecule has 0 bridgehead atoms. The topological polar surface area (TPSA) is 175 Å². The summed E-state index contributed by atoms with van der Waals surface area (Å²) in [6, 6.07) is 21.8. The number of aromatic amines is 1. The number of rotatable bonds is 15. The highest BCUT2D eigenvalue weighted by Crippen LogP contribution is 2.32. The van der Waals surface area contributed by atoms with Crippen LogP contribution in [0.15, 0.2) is 89.7 Å². The van der Waals surface area contributed by atoms with Crippen LogP contribution in [0.25, 0.3) is 10.8 Å². The summed E-state index contributed by atoms with van der Waals surface area (Å²) in [5.41, 5.74) is 2.81. The molecule has 4 aliphatic rings. The Hall–Kier alpha value is -6.47. The zero-order valence-electron chi connectivity index (χ0n) is 41.9. The van der Waals surface area contributed by atoms with Crippen LogP contribution < -0.4 is 16.2 Å². The second-order valence-corrected chi connectivity index (χ2v) is 20.5. The van der Waals surface area contributed by atoms with Gasteiger partial charge in [0.15, 0.2) is 0 Å². The molecule has 4 heterocycles. The van der Waals surface area contributed by atoms with E-state index in [0.717, 1.165) is 56.6 Å². The maximum atomic E-state index is 15.2. The smallest absolute Gasteiger partial charge is 0.272 e. The number of nitrogens with zero attached hydrogens (tertiary/aromatic N) is 6. The molecule has 18 heteroatoms. The van der Waals surface area contributed by atoms with Crippen molar-refractivity contribution >= 4 is 34.4 Å². The molecule has 9 rings (SSSR count). The van der Waals surface area contributed by atoms with Crippen molar-refractivity contribution in [1.29, 1.82) is 0 Å². The van der Waals surface area contributed by atoms with E-state index in [2.05, 4.69) is 25.7 Å². The lowest BCUT2D eigenvalue weighted by atomic mass is 9.82. The fourth-order valence-corrected chi connectivity index (χ4v) is 11.3. The summed E-state index contributed by atoms with van der Waals surface area (Å²) in [4.78, 5) is 76.6. The molecule has 4 atom stereocenters. The minimum absolute atomic E-state index is 0.0141. The Balaban J connectivity index is 0.760. The van der Waals surface area contributed by atoms with Gasteiger partial charge in [0, 0.05) is 101 Å². The second-order valence-electron chi connectivity index (χ2n) is 20.5. The van der Waals surface area contributed by atoms with Gasteiger partial charge in [0.2, 0.25) is 17.7 Å². The molecular weight excluding hydrogens is 952 g/mol. The lowest BCUT2D eigenvalue weighted by Gasteiger charge is -2.43.